The van der Waals surface area contributed by atoms with Gasteiger partial charge in [0, 0.05) is 30.6 Å². The molecule has 2 atom stereocenters. The summed E-state index contributed by atoms with van der Waals surface area (Å²) < 4.78 is 11.1. The third-order valence-corrected chi connectivity index (χ3v) is 6.43. The maximum atomic E-state index is 14.3. The highest BCUT2D eigenvalue weighted by atomic mass is 16.5. The monoisotopic (exact) mass is 438 g/mol. The predicted octanol–water partition coefficient (Wildman–Crippen LogP) is 3.33. The number of rotatable bonds is 5. The molecular weight excluding hydrogens is 408 g/mol. The van der Waals surface area contributed by atoms with Gasteiger partial charge in [-0.15, -0.1) is 0 Å². The summed E-state index contributed by atoms with van der Waals surface area (Å²) in [5, 5.41) is 0. The second kappa shape index (κ2) is 8.11. The first-order chi connectivity index (χ1) is 15.2. The number of allylic oxidation sites excluding steroid dienone is 1. The summed E-state index contributed by atoms with van der Waals surface area (Å²) in [6, 6.07) is 7.32. The second-order valence-corrected chi connectivity index (χ2v) is 9.20. The first-order valence-electron chi connectivity index (χ1n) is 11.3. The minimum Gasteiger partial charge on any atom is -0.462 e. The molecule has 1 aromatic rings. The first kappa shape index (κ1) is 22.1. The van der Waals surface area contributed by atoms with Gasteiger partial charge in [-0.25, -0.2) is 4.79 Å². The standard InChI is InChI=1S/C25H30N2O5/c1-5-31-23(29)21-22(26)32-19-13-15(4)12-18(28)20(19)25(21)16-8-6-7-9-17(16)27(24(25)30)11-10-14(2)3/h6-9,14-15H,5,10-13,26H2,1-4H3. The molecule has 4 rings (SSSR count). The zero-order valence-corrected chi connectivity index (χ0v) is 19.1. The Kier molecular flexibility index (Phi) is 5.61. The largest absolute Gasteiger partial charge is 0.462 e. The van der Waals surface area contributed by atoms with Crippen LogP contribution in [0.25, 0.3) is 0 Å². The van der Waals surface area contributed by atoms with Crippen molar-refractivity contribution in [1.29, 1.82) is 0 Å². The van der Waals surface area contributed by atoms with E-state index in [0.29, 0.717) is 35.9 Å². The Hall–Kier alpha value is -3.09. The predicted molar refractivity (Wildman–Crippen MR) is 119 cm³/mol. The summed E-state index contributed by atoms with van der Waals surface area (Å²) in [6.45, 7) is 8.39. The molecule has 0 radical (unpaired) electrons. The molecule has 0 saturated heterocycles. The lowest BCUT2D eigenvalue weighted by Crippen LogP contribution is -2.52. The van der Waals surface area contributed by atoms with Gasteiger partial charge in [0.15, 0.2) is 5.78 Å². The van der Waals surface area contributed by atoms with E-state index in [9.17, 15) is 14.4 Å². The van der Waals surface area contributed by atoms with E-state index in [-0.39, 0.29) is 47.7 Å². The van der Waals surface area contributed by atoms with Gasteiger partial charge in [-0.05, 0) is 31.2 Å². The van der Waals surface area contributed by atoms with Gasteiger partial charge in [-0.2, -0.15) is 0 Å². The fourth-order valence-corrected chi connectivity index (χ4v) is 5.07. The average Bonchev–Trinajstić information content (AvgIpc) is 2.94. The van der Waals surface area contributed by atoms with Crippen LogP contribution >= 0.6 is 0 Å². The van der Waals surface area contributed by atoms with Crippen LogP contribution in [0.2, 0.25) is 0 Å². The normalized spacial score (nSPS) is 24.8. The lowest BCUT2D eigenvalue weighted by molar-refractivity contribution is -0.141. The van der Waals surface area contributed by atoms with Crippen LogP contribution in [0, 0.1) is 11.8 Å². The van der Waals surface area contributed by atoms with Crippen molar-refractivity contribution in [2.24, 2.45) is 17.6 Å². The number of ether oxygens (including phenoxy) is 2. The van der Waals surface area contributed by atoms with E-state index in [1.54, 1.807) is 17.9 Å². The van der Waals surface area contributed by atoms with Gasteiger partial charge in [0.2, 0.25) is 11.8 Å². The number of ketones is 1. The van der Waals surface area contributed by atoms with Crippen LogP contribution in [-0.2, 0) is 29.3 Å². The lowest BCUT2D eigenvalue weighted by Gasteiger charge is -2.40. The van der Waals surface area contributed by atoms with Gasteiger partial charge in [-0.3, -0.25) is 9.59 Å². The lowest BCUT2D eigenvalue weighted by atomic mass is 9.64. The smallest absolute Gasteiger partial charge is 0.341 e. The molecule has 2 aliphatic heterocycles. The molecule has 7 heteroatoms. The number of anilines is 1. The highest BCUT2D eigenvalue weighted by molar-refractivity contribution is 6.23. The van der Waals surface area contributed by atoms with E-state index >= 15 is 0 Å². The number of hydrogen-bond donors (Lipinski definition) is 1. The van der Waals surface area contributed by atoms with Gasteiger partial charge >= 0.3 is 5.97 Å². The number of nitrogens with two attached hydrogens (primary N) is 1. The van der Waals surface area contributed by atoms with Crippen molar-refractivity contribution in [3.8, 4) is 0 Å². The number of esters is 1. The summed E-state index contributed by atoms with van der Waals surface area (Å²) in [5.74, 6) is -0.633. The van der Waals surface area contributed by atoms with Crippen molar-refractivity contribution in [3.05, 3.63) is 52.6 Å². The van der Waals surface area contributed by atoms with Crippen molar-refractivity contribution >= 4 is 23.3 Å². The Morgan fingerprint density at radius 1 is 1.28 bits per heavy atom. The minimum atomic E-state index is -1.64. The average molecular weight is 439 g/mol. The van der Waals surface area contributed by atoms with Crippen LogP contribution in [0.3, 0.4) is 0 Å². The summed E-state index contributed by atoms with van der Waals surface area (Å²) in [7, 11) is 0. The van der Waals surface area contributed by atoms with Crippen molar-refractivity contribution in [3.63, 3.8) is 0 Å². The van der Waals surface area contributed by atoms with Gasteiger partial charge in [0.25, 0.3) is 0 Å². The topological polar surface area (TPSA) is 98.9 Å². The number of carbonyl (C=O) groups is 3. The molecule has 3 aliphatic rings. The van der Waals surface area contributed by atoms with Crippen LogP contribution in [0.1, 0.15) is 52.5 Å². The molecule has 170 valence electrons. The molecule has 0 saturated carbocycles. The van der Waals surface area contributed by atoms with Crippen molar-refractivity contribution in [2.75, 3.05) is 18.1 Å². The molecule has 1 spiro atoms. The Labute approximate surface area is 188 Å². The summed E-state index contributed by atoms with van der Waals surface area (Å²) in [6.07, 6.45) is 1.53. The maximum absolute atomic E-state index is 14.3. The maximum Gasteiger partial charge on any atom is 0.341 e. The highest BCUT2D eigenvalue weighted by Gasteiger charge is 2.63. The quantitative estimate of drug-likeness (QED) is 0.708. The van der Waals surface area contributed by atoms with Crippen LogP contribution in [-0.4, -0.2) is 30.8 Å². The highest BCUT2D eigenvalue weighted by Crippen LogP contribution is 2.56. The van der Waals surface area contributed by atoms with Gasteiger partial charge in [-0.1, -0.05) is 39.0 Å². The number of hydrogen-bond acceptors (Lipinski definition) is 6. The number of amides is 1. The van der Waals surface area contributed by atoms with Crippen molar-refractivity contribution < 1.29 is 23.9 Å². The summed E-state index contributed by atoms with van der Waals surface area (Å²) in [4.78, 5) is 42.6. The van der Waals surface area contributed by atoms with Crippen molar-refractivity contribution in [2.45, 2.75) is 52.4 Å². The first-order valence-corrected chi connectivity index (χ1v) is 11.3. The van der Waals surface area contributed by atoms with Gasteiger partial charge in [0.1, 0.15) is 16.7 Å². The third-order valence-electron chi connectivity index (χ3n) is 6.43. The fraction of sp³-hybridized carbons (Fsp3) is 0.480. The third kappa shape index (κ3) is 3.14. The molecule has 1 aromatic carbocycles. The molecule has 1 aliphatic carbocycles. The second-order valence-electron chi connectivity index (χ2n) is 9.20. The molecule has 0 fully saturated rings. The SMILES string of the molecule is CCOC(=O)C1=C(N)OC2=C(C(=O)CC(C)C2)C12C(=O)N(CCC(C)C)c1ccccc12. The fourth-order valence-electron chi connectivity index (χ4n) is 5.07. The molecule has 2 unspecified atom stereocenters. The molecular formula is C25H30N2O5. The molecule has 32 heavy (non-hydrogen) atoms. The molecule has 0 bridgehead atoms. The summed E-state index contributed by atoms with van der Waals surface area (Å²) >= 11 is 0. The van der Waals surface area contributed by atoms with Crippen molar-refractivity contribution in [1.82, 2.24) is 0 Å². The Bertz CT molecular complexity index is 1050. The van der Waals surface area contributed by atoms with E-state index in [0.717, 1.165) is 6.42 Å². The Morgan fingerprint density at radius 2 is 2.00 bits per heavy atom. The molecule has 2 N–H and O–H groups in total. The van der Waals surface area contributed by atoms with E-state index in [1.165, 1.54) is 0 Å². The zero-order chi connectivity index (χ0) is 23.2. The van der Waals surface area contributed by atoms with E-state index in [4.69, 9.17) is 15.2 Å². The Balaban J connectivity index is 2.02. The van der Waals surface area contributed by atoms with E-state index in [1.807, 2.05) is 25.1 Å². The Morgan fingerprint density at radius 3 is 2.69 bits per heavy atom. The zero-order valence-electron chi connectivity index (χ0n) is 19.1. The minimum absolute atomic E-state index is 0.0547. The van der Waals surface area contributed by atoms with Crippen LogP contribution in [0.4, 0.5) is 5.69 Å². The number of para-hydroxylation sites is 1. The number of carbonyl (C=O) groups excluding carboxylic acids is 3. The number of fused-ring (bicyclic) bond motifs is 3. The van der Waals surface area contributed by atoms with Gasteiger partial charge in [0.05, 0.1) is 12.2 Å². The van der Waals surface area contributed by atoms with Gasteiger partial charge < -0.3 is 20.1 Å². The number of benzene rings is 1. The number of Topliss-reactive ketones (excluding diaryl/α,β-unsaturated/α-hetero) is 1. The number of nitrogens with zero attached hydrogens (tertiary/aromatic N) is 1. The molecule has 7 nitrogen and oxygen atoms in total. The van der Waals surface area contributed by atoms with Crippen LogP contribution < -0.4 is 10.6 Å². The molecule has 0 aromatic heterocycles. The molecule has 1 amide bonds. The van der Waals surface area contributed by atoms with Crippen LogP contribution in [0.15, 0.2) is 47.1 Å². The van der Waals surface area contributed by atoms with Crippen LogP contribution in [0.5, 0.6) is 0 Å². The van der Waals surface area contributed by atoms with E-state index < -0.39 is 11.4 Å². The summed E-state index contributed by atoms with van der Waals surface area (Å²) in [5.41, 5.74) is 6.06. The molecule has 2 heterocycles. The van der Waals surface area contributed by atoms with E-state index in [2.05, 4.69) is 13.8 Å².